The summed E-state index contributed by atoms with van der Waals surface area (Å²) in [7, 11) is 0. The highest BCUT2D eigenvalue weighted by Gasteiger charge is 2.50. The van der Waals surface area contributed by atoms with Gasteiger partial charge in [-0.1, -0.05) is 140 Å². The van der Waals surface area contributed by atoms with E-state index >= 15 is 0 Å². The highest BCUT2D eigenvalue weighted by Crippen LogP contribution is 2.47. The van der Waals surface area contributed by atoms with Gasteiger partial charge in [0.05, 0.1) is 11.6 Å². The minimum atomic E-state index is -0.599. The van der Waals surface area contributed by atoms with E-state index in [9.17, 15) is 4.79 Å². The van der Waals surface area contributed by atoms with Gasteiger partial charge in [-0.25, -0.2) is 0 Å². The summed E-state index contributed by atoms with van der Waals surface area (Å²) in [6, 6.07) is 51.0. The number of anilines is 1. The smallest absolute Gasteiger partial charge is 0.244 e. The molecular weight excluding hydrogens is 500 g/mol. The van der Waals surface area contributed by atoms with Gasteiger partial charge >= 0.3 is 0 Å². The van der Waals surface area contributed by atoms with Crippen LogP contribution in [-0.2, 0) is 10.3 Å². The fraction of sp³-hybridized carbons (Fsp3) is 0.184. The summed E-state index contributed by atoms with van der Waals surface area (Å²) in [4.78, 5) is 19.4. The molecule has 1 amide bonds. The zero-order valence-corrected chi connectivity index (χ0v) is 23.1. The third kappa shape index (κ3) is 4.29. The number of para-hydroxylation sites is 1. The molecule has 0 saturated carbocycles. The number of likely N-dealkylation sites (tertiary alicyclic amines) is 1. The summed E-state index contributed by atoms with van der Waals surface area (Å²) in [6.07, 6.45) is 1.81. The van der Waals surface area contributed by atoms with Crippen LogP contribution in [0.2, 0.25) is 0 Å². The third-order valence-electron chi connectivity index (χ3n) is 8.98. The number of carbonyl (C=O) groups is 1. The molecule has 2 heterocycles. The van der Waals surface area contributed by atoms with Gasteiger partial charge in [0, 0.05) is 24.7 Å². The molecule has 1 fully saturated rings. The maximum absolute atomic E-state index is 14.8. The lowest BCUT2D eigenvalue weighted by molar-refractivity contribution is -0.124. The Balaban J connectivity index is 1.36. The van der Waals surface area contributed by atoms with E-state index in [1.54, 1.807) is 0 Å². The second-order valence-corrected chi connectivity index (χ2v) is 11.1. The lowest BCUT2D eigenvalue weighted by Crippen LogP contribution is -2.55. The van der Waals surface area contributed by atoms with E-state index in [0.717, 1.165) is 25.1 Å². The summed E-state index contributed by atoms with van der Waals surface area (Å²) in [5, 5.41) is 0. The van der Waals surface area contributed by atoms with Crippen molar-refractivity contribution < 1.29 is 4.79 Å². The molecular formula is C38H34N2O. The van der Waals surface area contributed by atoms with Crippen LogP contribution in [0, 0.1) is 0 Å². The van der Waals surface area contributed by atoms with Gasteiger partial charge in [0.15, 0.2) is 0 Å². The number of benzene rings is 5. The van der Waals surface area contributed by atoms with E-state index < -0.39 is 5.54 Å². The topological polar surface area (TPSA) is 23.6 Å². The Morgan fingerprint density at radius 3 is 1.66 bits per heavy atom. The van der Waals surface area contributed by atoms with Gasteiger partial charge in [-0.15, -0.1) is 0 Å². The number of hydrogen-bond donors (Lipinski definition) is 0. The molecule has 2 atom stereocenters. The first kappa shape index (κ1) is 25.5. The van der Waals surface area contributed by atoms with Crippen LogP contribution in [0.5, 0.6) is 0 Å². The minimum absolute atomic E-state index is 0.174. The number of carbonyl (C=O) groups excluding carboxylic acids is 1. The summed E-state index contributed by atoms with van der Waals surface area (Å²) in [5.41, 5.74) is 6.48. The van der Waals surface area contributed by atoms with E-state index in [2.05, 4.69) is 155 Å². The fourth-order valence-electron chi connectivity index (χ4n) is 7.23. The first-order valence-corrected chi connectivity index (χ1v) is 14.7. The highest BCUT2D eigenvalue weighted by molar-refractivity contribution is 6.00. The molecule has 0 N–H and O–H groups in total. The number of rotatable bonds is 6. The summed E-state index contributed by atoms with van der Waals surface area (Å²) >= 11 is 0. The van der Waals surface area contributed by atoms with Crippen LogP contribution in [0.15, 0.2) is 146 Å². The van der Waals surface area contributed by atoms with Crippen molar-refractivity contribution in [1.29, 1.82) is 0 Å². The number of hydrogen-bond acceptors (Lipinski definition) is 2. The lowest BCUT2D eigenvalue weighted by Gasteiger charge is -2.46. The standard InChI is InChI=1S/C38H34N2O/c41-37(39-28-34(29-16-5-1-6-17-29)33-24-13-14-25-35(33)39)36-26-15-27-40(36)38(30-18-7-2-8-19-30,31-20-9-3-10-21-31)32-22-11-4-12-23-32/h1-14,16-25,34,36H,15,26-28H2/t34?,36-/m1/s1. The molecule has 3 heteroatoms. The van der Waals surface area contributed by atoms with Crippen LogP contribution in [0.4, 0.5) is 5.69 Å². The van der Waals surface area contributed by atoms with E-state index in [1.165, 1.54) is 27.8 Å². The van der Waals surface area contributed by atoms with E-state index in [-0.39, 0.29) is 17.9 Å². The van der Waals surface area contributed by atoms with Crippen LogP contribution in [0.3, 0.4) is 0 Å². The molecule has 5 aromatic carbocycles. The molecule has 0 radical (unpaired) electrons. The molecule has 7 rings (SSSR count). The van der Waals surface area contributed by atoms with E-state index in [0.29, 0.717) is 6.54 Å². The molecule has 2 aliphatic heterocycles. The molecule has 0 bridgehead atoms. The number of amides is 1. The molecule has 1 unspecified atom stereocenters. The maximum atomic E-state index is 14.8. The van der Waals surface area contributed by atoms with Crippen molar-refractivity contribution in [2.45, 2.75) is 30.3 Å². The van der Waals surface area contributed by atoms with Crippen molar-refractivity contribution in [1.82, 2.24) is 4.90 Å². The van der Waals surface area contributed by atoms with Gasteiger partial charge in [-0.2, -0.15) is 0 Å². The Bertz CT molecular complexity index is 1520. The quantitative estimate of drug-likeness (QED) is 0.209. The average molecular weight is 535 g/mol. The molecule has 5 aromatic rings. The van der Waals surface area contributed by atoms with Gasteiger partial charge in [-0.05, 0) is 46.7 Å². The predicted octanol–water partition coefficient (Wildman–Crippen LogP) is 7.62. The second-order valence-electron chi connectivity index (χ2n) is 11.1. The normalized spacial score (nSPS) is 18.8. The number of nitrogens with zero attached hydrogens (tertiary/aromatic N) is 2. The first-order chi connectivity index (χ1) is 20.3. The molecule has 0 aromatic heterocycles. The molecule has 41 heavy (non-hydrogen) atoms. The van der Waals surface area contributed by atoms with Crippen LogP contribution < -0.4 is 4.90 Å². The second kappa shape index (κ2) is 10.8. The maximum Gasteiger partial charge on any atom is 0.244 e. The van der Waals surface area contributed by atoms with E-state index in [1.807, 2.05) is 0 Å². The SMILES string of the molecule is O=C([C@H]1CCCN1C(c1ccccc1)(c1ccccc1)c1ccccc1)N1CC(c2ccccc2)c2ccccc21. The lowest BCUT2D eigenvalue weighted by atomic mass is 9.75. The number of fused-ring (bicyclic) bond motifs is 1. The summed E-state index contributed by atoms with van der Waals surface area (Å²) in [5.74, 6) is 0.369. The molecule has 0 spiro atoms. The van der Waals surface area contributed by atoms with Crippen molar-refractivity contribution in [3.05, 3.63) is 173 Å². The van der Waals surface area contributed by atoms with Crippen molar-refractivity contribution in [2.24, 2.45) is 0 Å². The fourth-order valence-corrected chi connectivity index (χ4v) is 7.23. The van der Waals surface area contributed by atoms with Gasteiger partial charge in [-0.3, -0.25) is 9.69 Å². The van der Waals surface area contributed by atoms with Crippen LogP contribution in [-0.4, -0.2) is 29.9 Å². The monoisotopic (exact) mass is 534 g/mol. The van der Waals surface area contributed by atoms with Crippen molar-refractivity contribution >= 4 is 11.6 Å². The molecule has 2 aliphatic rings. The Kier molecular flexibility index (Phi) is 6.74. The van der Waals surface area contributed by atoms with E-state index in [4.69, 9.17) is 0 Å². The molecule has 1 saturated heterocycles. The third-order valence-corrected chi connectivity index (χ3v) is 8.98. The van der Waals surface area contributed by atoms with Crippen LogP contribution in [0.25, 0.3) is 0 Å². The molecule has 3 nitrogen and oxygen atoms in total. The zero-order chi connectivity index (χ0) is 27.6. The first-order valence-electron chi connectivity index (χ1n) is 14.7. The minimum Gasteiger partial charge on any atom is -0.310 e. The molecule has 202 valence electrons. The Hall–Kier alpha value is -4.47. The van der Waals surface area contributed by atoms with Crippen LogP contribution >= 0.6 is 0 Å². The van der Waals surface area contributed by atoms with Crippen molar-refractivity contribution in [3.63, 3.8) is 0 Å². The van der Waals surface area contributed by atoms with Crippen LogP contribution in [0.1, 0.15) is 46.6 Å². The van der Waals surface area contributed by atoms with Gasteiger partial charge in [0.1, 0.15) is 0 Å². The predicted molar refractivity (Wildman–Crippen MR) is 166 cm³/mol. The average Bonchev–Trinajstić information content (AvgIpc) is 3.70. The Morgan fingerprint density at radius 1 is 0.610 bits per heavy atom. The molecule has 0 aliphatic carbocycles. The zero-order valence-electron chi connectivity index (χ0n) is 23.1. The van der Waals surface area contributed by atoms with Crippen molar-refractivity contribution in [2.75, 3.05) is 18.0 Å². The largest absolute Gasteiger partial charge is 0.310 e. The Morgan fingerprint density at radius 2 is 1.10 bits per heavy atom. The van der Waals surface area contributed by atoms with Crippen molar-refractivity contribution in [3.8, 4) is 0 Å². The summed E-state index contributed by atoms with van der Waals surface area (Å²) in [6.45, 7) is 1.51. The Labute approximate surface area is 242 Å². The van der Waals surface area contributed by atoms with Gasteiger partial charge in [0.25, 0.3) is 0 Å². The van der Waals surface area contributed by atoms with Gasteiger partial charge < -0.3 is 4.90 Å². The summed E-state index contributed by atoms with van der Waals surface area (Å²) < 4.78 is 0. The highest BCUT2D eigenvalue weighted by atomic mass is 16.2. The van der Waals surface area contributed by atoms with Gasteiger partial charge in [0.2, 0.25) is 5.91 Å².